The summed E-state index contributed by atoms with van der Waals surface area (Å²) in [6.45, 7) is 1.38. The van der Waals surface area contributed by atoms with Crippen molar-refractivity contribution in [3.8, 4) is 11.6 Å². The molecule has 0 aliphatic carbocycles. The summed E-state index contributed by atoms with van der Waals surface area (Å²) < 4.78 is 6.88. The number of amides is 1. The first-order valence-electron chi connectivity index (χ1n) is 9.54. The van der Waals surface area contributed by atoms with Crippen LogP contribution >= 0.6 is 15.9 Å². The number of rotatable bonds is 5. The van der Waals surface area contributed by atoms with Gasteiger partial charge in [0.1, 0.15) is 5.75 Å². The van der Waals surface area contributed by atoms with Gasteiger partial charge >= 0.3 is 0 Å². The minimum absolute atomic E-state index is 0.0159. The van der Waals surface area contributed by atoms with Crippen molar-refractivity contribution in [3.63, 3.8) is 0 Å². The van der Waals surface area contributed by atoms with Gasteiger partial charge < -0.3 is 15.0 Å². The maximum atomic E-state index is 12.8. The van der Waals surface area contributed by atoms with E-state index in [0.29, 0.717) is 24.0 Å². The molecule has 1 aliphatic heterocycles. The average Bonchev–Trinajstić information content (AvgIpc) is 2.75. The molecule has 0 radical (unpaired) electrons. The molecule has 0 bridgehead atoms. The van der Waals surface area contributed by atoms with Crippen LogP contribution in [0.1, 0.15) is 12.8 Å². The highest BCUT2D eigenvalue weighted by Gasteiger charge is 2.28. The predicted molar refractivity (Wildman–Crippen MR) is 116 cm³/mol. The van der Waals surface area contributed by atoms with Gasteiger partial charge in [-0.2, -0.15) is 0 Å². The molecule has 1 fully saturated rings. The topological polar surface area (TPSA) is 67.4 Å². The van der Waals surface area contributed by atoms with Crippen LogP contribution in [0, 0.1) is 5.92 Å². The minimum atomic E-state index is -0.130. The van der Waals surface area contributed by atoms with Crippen molar-refractivity contribution >= 4 is 33.3 Å². The van der Waals surface area contributed by atoms with E-state index in [2.05, 4.69) is 36.1 Å². The summed E-state index contributed by atoms with van der Waals surface area (Å²) in [5, 5.41) is 3.02. The number of piperidine rings is 1. The Morgan fingerprint density at radius 3 is 2.76 bits per heavy atom. The summed E-state index contributed by atoms with van der Waals surface area (Å²) in [5.74, 6) is 1.70. The molecule has 0 saturated carbocycles. The molecule has 2 heterocycles. The number of hydrogen-bond donors (Lipinski definition) is 1. The molecule has 148 valence electrons. The molecule has 7 heteroatoms. The Labute approximate surface area is 178 Å². The zero-order valence-corrected chi connectivity index (χ0v) is 17.4. The van der Waals surface area contributed by atoms with Crippen LogP contribution in [0.5, 0.6) is 11.6 Å². The largest absolute Gasteiger partial charge is 0.436 e. The fraction of sp³-hybridized carbons (Fsp3) is 0.227. The first kappa shape index (κ1) is 19.4. The molecule has 2 aromatic carbocycles. The van der Waals surface area contributed by atoms with E-state index in [1.54, 1.807) is 12.4 Å². The Morgan fingerprint density at radius 1 is 1.10 bits per heavy atom. The van der Waals surface area contributed by atoms with Crippen LogP contribution in [0.2, 0.25) is 0 Å². The van der Waals surface area contributed by atoms with Crippen LogP contribution in [0.25, 0.3) is 0 Å². The quantitative estimate of drug-likeness (QED) is 0.596. The second kappa shape index (κ2) is 9.05. The number of benzene rings is 2. The van der Waals surface area contributed by atoms with E-state index in [9.17, 15) is 4.79 Å². The molecule has 0 spiro atoms. The molecule has 6 nitrogen and oxygen atoms in total. The van der Waals surface area contributed by atoms with Crippen molar-refractivity contribution in [3.05, 3.63) is 71.5 Å². The number of halogens is 1. The molecule has 0 unspecified atom stereocenters. The van der Waals surface area contributed by atoms with Crippen LogP contribution in [0.3, 0.4) is 0 Å². The number of ether oxygens (including phenoxy) is 1. The Balaban J connectivity index is 1.48. The average molecular weight is 453 g/mol. The molecule has 4 rings (SSSR count). The molecule has 3 aromatic rings. The molecular weight excluding hydrogens is 432 g/mol. The highest BCUT2D eigenvalue weighted by molar-refractivity contribution is 9.10. The van der Waals surface area contributed by atoms with Gasteiger partial charge in [0.05, 0.1) is 5.92 Å². The number of nitrogens with zero attached hydrogens (tertiary/aromatic N) is 3. The third-order valence-corrected chi connectivity index (χ3v) is 5.28. The van der Waals surface area contributed by atoms with Gasteiger partial charge in [0, 0.05) is 35.6 Å². The summed E-state index contributed by atoms with van der Waals surface area (Å²) in [6.07, 6.45) is 5.00. The summed E-state index contributed by atoms with van der Waals surface area (Å²) in [5.41, 5.74) is 0.786. The van der Waals surface area contributed by atoms with Gasteiger partial charge in [-0.1, -0.05) is 40.2 Å². The Morgan fingerprint density at radius 2 is 1.93 bits per heavy atom. The molecule has 1 saturated heterocycles. The fourth-order valence-corrected chi connectivity index (χ4v) is 3.80. The SMILES string of the molecule is O=C(Nc1cccc(Br)c1)[C@H]1CCCN(c2nccnc2Oc2ccccc2)C1. The predicted octanol–water partition coefficient (Wildman–Crippen LogP) is 4.89. The summed E-state index contributed by atoms with van der Waals surface area (Å²) in [6, 6.07) is 17.1. The Kier molecular flexibility index (Phi) is 6.05. The number of aromatic nitrogens is 2. The summed E-state index contributed by atoms with van der Waals surface area (Å²) >= 11 is 3.43. The lowest BCUT2D eigenvalue weighted by molar-refractivity contribution is -0.120. The molecule has 1 atom stereocenters. The van der Waals surface area contributed by atoms with E-state index in [1.807, 2.05) is 54.6 Å². The number of hydrogen-bond acceptors (Lipinski definition) is 5. The van der Waals surface area contributed by atoms with Crippen molar-refractivity contribution in [2.45, 2.75) is 12.8 Å². The van der Waals surface area contributed by atoms with Gasteiger partial charge in [0.2, 0.25) is 5.91 Å². The number of anilines is 2. The van der Waals surface area contributed by atoms with Crippen LogP contribution < -0.4 is 15.0 Å². The normalized spacial score (nSPS) is 16.3. The van der Waals surface area contributed by atoms with Crippen molar-refractivity contribution in [2.24, 2.45) is 5.92 Å². The second-order valence-electron chi connectivity index (χ2n) is 6.88. The van der Waals surface area contributed by atoms with Gasteiger partial charge in [-0.15, -0.1) is 0 Å². The van der Waals surface area contributed by atoms with Gasteiger partial charge in [-0.25, -0.2) is 9.97 Å². The second-order valence-corrected chi connectivity index (χ2v) is 7.80. The Bertz CT molecular complexity index is 983. The van der Waals surface area contributed by atoms with Crippen LogP contribution in [-0.2, 0) is 4.79 Å². The minimum Gasteiger partial charge on any atom is -0.436 e. The first-order chi connectivity index (χ1) is 14.2. The third-order valence-electron chi connectivity index (χ3n) is 4.79. The number of carbonyl (C=O) groups is 1. The highest BCUT2D eigenvalue weighted by atomic mass is 79.9. The van der Waals surface area contributed by atoms with E-state index >= 15 is 0 Å². The van der Waals surface area contributed by atoms with Gasteiger partial charge in [-0.3, -0.25) is 4.79 Å². The van der Waals surface area contributed by atoms with Crippen molar-refractivity contribution in [1.29, 1.82) is 0 Å². The molecule has 1 aliphatic rings. The van der Waals surface area contributed by atoms with Crippen LogP contribution in [0.15, 0.2) is 71.5 Å². The van der Waals surface area contributed by atoms with E-state index in [1.165, 1.54) is 0 Å². The van der Waals surface area contributed by atoms with E-state index in [-0.39, 0.29) is 11.8 Å². The maximum Gasteiger partial charge on any atom is 0.263 e. The number of para-hydroxylation sites is 1. The van der Waals surface area contributed by atoms with Crippen molar-refractivity contribution in [2.75, 3.05) is 23.3 Å². The lowest BCUT2D eigenvalue weighted by Gasteiger charge is -2.33. The van der Waals surface area contributed by atoms with Crippen LogP contribution in [-0.4, -0.2) is 29.0 Å². The molecule has 29 heavy (non-hydrogen) atoms. The third kappa shape index (κ3) is 4.92. The van der Waals surface area contributed by atoms with Crippen LogP contribution in [0.4, 0.5) is 11.5 Å². The van der Waals surface area contributed by atoms with Crippen molar-refractivity contribution in [1.82, 2.24) is 9.97 Å². The maximum absolute atomic E-state index is 12.8. The fourth-order valence-electron chi connectivity index (χ4n) is 3.40. The highest BCUT2D eigenvalue weighted by Crippen LogP contribution is 2.31. The zero-order valence-electron chi connectivity index (χ0n) is 15.8. The van der Waals surface area contributed by atoms with E-state index in [4.69, 9.17) is 4.74 Å². The van der Waals surface area contributed by atoms with Gasteiger partial charge in [-0.05, 0) is 43.2 Å². The van der Waals surface area contributed by atoms with E-state index in [0.717, 1.165) is 29.5 Å². The summed E-state index contributed by atoms with van der Waals surface area (Å²) in [7, 11) is 0. The standard InChI is InChI=1S/C22H21BrN4O2/c23-17-7-4-8-18(14-17)26-21(28)16-6-5-13-27(15-16)20-22(25-12-11-24-20)29-19-9-2-1-3-10-19/h1-4,7-12,14,16H,5-6,13,15H2,(H,26,28)/t16-/m0/s1. The molecule has 1 amide bonds. The zero-order chi connectivity index (χ0) is 20.1. The smallest absolute Gasteiger partial charge is 0.263 e. The molecule has 1 N–H and O–H groups in total. The van der Waals surface area contributed by atoms with Crippen molar-refractivity contribution < 1.29 is 9.53 Å². The van der Waals surface area contributed by atoms with E-state index < -0.39 is 0 Å². The number of carbonyl (C=O) groups excluding carboxylic acids is 1. The summed E-state index contributed by atoms with van der Waals surface area (Å²) in [4.78, 5) is 23.7. The first-order valence-corrected chi connectivity index (χ1v) is 10.3. The van der Waals surface area contributed by atoms with Gasteiger partial charge in [0.15, 0.2) is 5.82 Å². The molecule has 1 aromatic heterocycles. The lowest BCUT2D eigenvalue weighted by Crippen LogP contribution is -2.41. The lowest BCUT2D eigenvalue weighted by atomic mass is 9.97. The monoisotopic (exact) mass is 452 g/mol. The van der Waals surface area contributed by atoms with Gasteiger partial charge in [0.25, 0.3) is 5.88 Å². The molecular formula is C22H21BrN4O2. The number of nitrogens with one attached hydrogen (secondary N) is 1. The Hall–Kier alpha value is -2.93.